The van der Waals surface area contributed by atoms with Crippen LogP contribution >= 0.6 is 0 Å². The summed E-state index contributed by atoms with van der Waals surface area (Å²) in [6.07, 6.45) is 0. The Morgan fingerprint density at radius 1 is 1.18 bits per heavy atom. The summed E-state index contributed by atoms with van der Waals surface area (Å²) in [6.45, 7) is 1.64. The maximum atomic E-state index is 12.6. The number of nitro benzene ring substituents is 1. The molecular weight excluding hydrogens is 286 g/mol. The third-order valence-electron chi connectivity index (χ3n) is 3.41. The summed E-state index contributed by atoms with van der Waals surface area (Å²) in [5.74, 6) is 0.145. The Morgan fingerprint density at radius 3 is 2.50 bits per heavy atom. The van der Waals surface area contributed by atoms with Crippen LogP contribution in [0.25, 0.3) is 11.0 Å². The first-order chi connectivity index (χ1) is 10.5. The molecule has 0 spiro atoms. The molecule has 0 unspecified atom stereocenters. The Bertz CT molecular complexity index is 893. The molecular formula is C16H11NO5. The topological polar surface area (TPSA) is 93.6 Å². The normalized spacial score (nSPS) is 10.8. The number of rotatable bonds is 3. The molecule has 3 aromatic rings. The average molecular weight is 297 g/mol. The summed E-state index contributed by atoms with van der Waals surface area (Å²) in [7, 11) is 0. The molecule has 6 heteroatoms. The van der Waals surface area contributed by atoms with Crippen molar-refractivity contribution in [2.45, 2.75) is 6.92 Å². The largest absolute Gasteiger partial charge is 0.508 e. The highest BCUT2D eigenvalue weighted by atomic mass is 16.6. The van der Waals surface area contributed by atoms with E-state index in [1.807, 2.05) is 0 Å². The van der Waals surface area contributed by atoms with E-state index in [0.717, 1.165) is 0 Å². The van der Waals surface area contributed by atoms with Gasteiger partial charge in [0, 0.05) is 23.1 Å². The van der Waals surface area contributed by atoms with Gasteiger partial charge in [-0.2, -0.15) is 0 Å². The van der Waals surface area contributed by atoms with Crippen LogP contribution in [0.5, 0.6) is 5.75 Å². The van der Waals surface area contributed by atoms with Crippen LogP contribution in [-0.2, 0) is 0 Å². The van der Waals surface area contributed by atoms with E-state index < -0.39 is 4.92 Å². The third kappa shape index (κ3) is 2.20. The smallest absolute Gasteiger partial charge is 0.270 e. The molecule has 1 heterocycles. The van der Waals surface area contributed by atoms with Crippen molar-refractivity contribution in [2.24, 2.45) is 0 Å². The number of non-ortho nitro benzene ring substituents is 1. The van der Waals surface area contributed by atoms with Gasteiger partial charge in [0.1, 0.15) is 17.1 Å². The zero-order chi connectivity index (χ0) is 15.9. The van der Waals surface area contributed by atoms with Crippen molar-refractivity contribution >= 4 is 22.4 Å². The number of phenolic OH excluding ortho intramolecular Hbond substituents is 1. The van der Waals surface area contributed by atoms with Crippen LogP contribution in [0.3, 0.4) is 0 Å². The molecule has 1 aromatic heterocycles. The Kier molecular flexibility index (Phi) is 3.14. The zero-order valence-electron chi connectivity index (χ0n) is 11.6. The van der Waals surface area contributed by atoms with Gasteiger partial charge in [-0.1, -0.05) is 0 Å². The fourth-order valence-corrected chi connectivity index (χ4v) is 2.36. The fourth-order valence-electron chi connectivity index (χ4n) is 2.36. The van der Waals surface area contributed by atoms with Gasteiger partial charge in [-0.15, -0.1) is 0 Å². The van der Waals surface area contributed by atoms with Crippen molar-refractivity contribution in [1.82, 2.24) is 0 Å². The quantitative estimate of drug-likeness (QED) is 0.453. The van der Waals surface area contributed by atoms with Crippen molar-refractivity contribution in [3.05, 3.63) is 69.5 Å². The standard InChI is InChI=1S/C16H11NO5/c1-9-15(16(19)10-2-5-12(18)6-3-10)13-8-11(17(20)21)4-7-14(13)22-9/h2-8,18H,1H3. The zero-order valence-corrected chi connectivity index (χ0v) is 11.6. The van der Waals surface area contributed by atoms with Gasteiger partial charge in [-0.3, -0.25) is 14.9 Å². The lowest BCUT2D eigenvalue weighted by Crippen LogP contribution is -2.02. The van der Waals surface area contributed by atoms with E-state index >= 15 is 0 Å². The van der Waals surface area contributed by atoms with Gasteiger partial charge in [0.05, 0.1) is 10.5 Å². The number of carbonyl (C=O) groups excluding carboxylic acids is 1. The molecule has 2 aromatic carbocycles. The van der Waals surface area contributed by atoms with Crippen molar-refractivity contribution in [2.75, 3.05) is 0 Å². The molecule has 0 bridgehead atoms. The lowest BCUT2D eigenvalue weighted by molar-refractivity contribution is -0.384. The number of phenols is 1. The minimum Gasteiger partial charge on any atom is -0.508 e. The van der Waals surface area contributed by atoms with E-state index in [0.29, 0.717) is 27.9 Å². The van der Waals surface area contributed by atoms with Crippen LogP contribution in [0, 0.1) is 17.0 Å². The molecule has 0 aliphatic rings. The predicted octanol–water partition coefficient (Wildman–Crippen LogP) is 3.59. The second kappa shape index (κ2) is 5.00. The number of carbonyl (C=O) groups is 1. The SMILES string of the molecule is Cc1oc2ccc([N+](=O)[O-])cc2c1C(=O)c1ccc(O)cc1. The second-order valence-corrected chi connectivity index (χ2v) is 4.85. The van der Waals surface area contributed by atoms with Gasteiger partial charge in [-0.05, 0) is 37.3 Å². The van der Waals surface area contributed by atoms with Crippen LogP contribution < -0.4 is 0 Å². The Morgan fingerprint density at radius 2 is 1.86 bits per heavy atom. The lowest BCUT2D eigenvalue weighted by Gasteiger charge is -2.01. The second-order valence-electron chi connectivity index (χ2n) is 4.85. The van der Waals surface area contributed by atoms with Crippen LogP contribution in [-0.4, -0.2) is 15.8 Å². The van der Waals surface area contributed by atoms with E-state index in [9.17, 15) is 20.0 Å². The van der Waals surface area contributed by atoms with E-state index in [1.54, 1.807) is 6.92 Å². The van der Waals surface area contributed by atoms with E-state index in [1.165, 1.54) is 42.5 Å². The van der Waals surface area contributed by atoms with Crippen molar-refractivity contribution in [1.29, 1.82) is 0 Å². The molecule has 110 valence electrons. The molecule has 0 atom stereocenters. The van der Waals surface area contributed by atoms with Gasteiger partial charge in [0.25, 0.3) is 5.69 Å². The van der Waals surface area contributed by atoms with Crippen LogP contribution in [0.1, 0.15) is 21.7 Å². The Labute approximate surface area is 124 Å². The Balaban J connectivity index is 2.18. The van der Waals surface area contributed by atoms with Gasteiger partial charge in [-0.25, -0.2) is 0 Å². The minimum atomic E-state index is -0.517. The van der Waals surface area contributed by atoms with Crippen LogP contribution in [0.2, 0.25) is 0 Å². The van der Waals surface area contributed by atoms with Crippen molar-refractivity contribution < 1.29 is 19.2 Å². The van der Waals surface area contributed by atoms with E-state index in [4.69, 9.17) is 4.42 Å². The number of nitro groups is 1. The summed E-state index contributed by atoms with van der Waals surface area (Å²) < 4.78 is 5.51. The summed E-state index contributed by atoms with van der Waals surface area (Å²) in [6, 6.07) is 9.95. The Hall–Kier alpha value is -3.15. The minimum absolute atomic E-state index is 0.0564. The van der Waals surface area contributed by atoms with Crippen LogP contribution in [0.15, 0.2) is 46.9 Å². The molecule has 6 nitrogen and oxygen atoms in total. The average Bonchev–Trinajstić information content (AvgIpc) is 2.82. The van der Waals surface area contributed by atoms with Gasteiger partial charge in [0.15, 0.2) is 5.78 Å². The summed E-state index contributed by atoms with van der Waals surface area (Å²) >= 11 is 0. The summed E-state index contributed by atoms with van der Waals surface area (Å²) in [4.78, 5) is 23.0. The first-order valence-electron chi connectivity index (χ1n) is 6.48. The van der Waals surface area contributed by atoms with E-state index in [2.05, 4.69) is 0 Å². The molecule has 0 saturated carbocycles. The number of benzene rings is 2. The molecule has 0 fully saturated rings. The molecule has 0 radical (unpaired) electrons. The summed E-state index contributed by atoms with van der Waals surface area (Å²) in [5, 5.41) is 20.6. The number of hydrogen-bond donors (Lipinski definition) is 1. The first kappa shape index (κ1) is 13.8. The molecule has 0 aliphatic carbocycles. The number of ketones is 1. The lowest BCUT2D eigenvalue weighted by atomic mass is 10.00. The molecule has 0 amide bonds. The molecule has 0 aliphatic heterocycles. The third-order valence-corrected chi connectivity index (χ3v) is 3.41. The highest BCUT2D eigenvalue weighted by molar-refractivity contribution is 6.17. The van der Waals surface area contributed by atoms with Crippen LogP contribution in [0.4, 0.5) is 5.69 Å². The van der Waals surface area contributed by atoms with Gasteiger partial charge in [0.2, 0.25) is 0 Å². The highest BCUT2D eigenvalue weighted by Gasteiger charge is 2.21. The molecule has 22 heavy (non-hydrogen) atoms. The molecule has 1 N–H and O–H groups in total. The number of fused-ring (bicyclic) bond motifs is 1. The number of aryl methyl sites for hydroxylation is 1. The highest BCUT2D eigenvalue weighted by Crippen LogP contribution is 2.30. The predicted molar refractivity (Wildman–Crippen MR) is 79.1 cm³/mol. The monoisotopic (exact) mass is 297 g/mol. The van der Waals surface area contributed by atoms with Crippen molar-refractivity contribution in [3.63, 3.8) is 0 Å². The molecule has 0 saturated heterocycles. The van der Waals surface area contributed by atoms with Gasteiger partial charge >= 0.3 is 0 Å². The maximum Gasteiger partial charge on any atom is 0.270 e. The van der Waals surface area contributed by atoms with Crippen molar-refractivity contribution in [3.8, 4) is 5.75 Å². The maximum absolute atomic E-state index is 12.6. The number of aromatic hydroxyl groups is 1. The summed E-state index contributed by atoms with van der Waals surface area (Å²) in [5.41, 5.74) is 0.984. The first-order valence-corrected chi connectivity index (χ1v) is 6.48. The molecule has 3 rings (SSSR count). The van der Waals surface area contributed by atoms with Gasteiger partial charge < -0.3 is 9.52 Å². The fraction of sp³-hybridized carbons (Fsp3) is 0.0625. The number of furan rings is 1. The number of hydrogen-bond acceptors (Lipinski definition) is 5. The van der Waals surface area contributed by atoms with E-state index in [-0.39, 0.29) is 17.2 Å². The number of nitrogens with zero attached hydrogens (tertiary/aromatic N) is 1.